The van der Waals surface area contributed by atoms with Crippen molar-refractivity contribution in [1.29, 1.82) is 0 Å². The second-order valence-corrected chi connectivity index (χ2v) is 5.05. The first-order valence-electron chi connectivity index (χ1n) is 6.17. The van der Waals surface area contributed by atoms with Gasteiger partial charge in [-0.2, -0.15) is 0 Å². The highest BCUT2D eigenvalue weighted by atomic mass is 32.1. The van der Waals surface area contributed by atoms with Gasteiger partial charge in [0, 0.05) is 5.69 Å². The van der Waals surface area contributed by atoms with Crippen LogP contribution < -0.4 is 21.1 Å². The van der Waals surface area contributed by atoms with Crippen LogP contribution in [0.25, 0.3) is 0 Å². The molecule has 0 atom stereocenters. The highest BCUT2D eigenvalue weighted by Gasteiger charge is 2.11. The average Bonchev–Trinajstić information content (AvgIpc) is 3.01. The second-order valence-electron chi connectivity index (χ2n) is 4.10. The molecule has 21 heavy (non-hydrogen) atoms. The van der Waals surface area contributed by atoms with Crippen LogP contribution in [0.4, 0.5) is 11.4 Å². The number of hydrogen-bond donors (Lipinski definition) is 3. The third kappa shape index (κ3) is 3.80. The molecule has 1 aromatic carbocycles. The van der Waals surface area contributed by atoms with Gasteiger partial charge in [0.2, 0.25) is 5.91 Å². The Morgan fingerprint density at radius 3 is 2.71 bits per heavy atom. The Labute approximate surface area is 125 Å². The largest absolute Gasteiger partial charge is 0.495 e. The quantitative estimate of drug-likeness (QED) is 0.786. The summed E-state index contributed by atoms with van der Waals surface area (Å²) in [6.45, 7) is -0.130. The molecule has 0 aliphatic heterocycles. The normalized spacial score (nSPS) is 10.0. The predicted molar refractivity (Wildman–Crippen MR) is 83.0 cm³/mol. The fourth-order valence-corrected chi connectivity index (χ4v) is 2.30. The minimum atomic E-state index is -0.338. The Kier molecular flexibility index (Phi) is 4.91. The molecule has 1 heterocycles. The Balaban J connectivity index is 2.19. The number of carbonyl (C=O) groups is 2. The summed E-state index contributed by atoms with van der Waals surface area (Å²) in [6.07, 6.45) is 0. The maximum atomic E-state index is 12.0. The first-order valence-corrected chi connectivity index (χ1v) is 7.05. The van der Waals surface area contributed by atoms with E-state index in [0.29, 0.717) is 22.0 Å². The van der Waals surface area contributed by atoms with Crippen molar-refractivity contribution >= 4 is 34.5 Å². The molecule has 110 valence electrons. The maximum Gasteiger partial charge on any atom is 0.265 e. The lowest BCUT2D eigenvalue weighted by molar-refractivity contribution is -0.114. The molecule has 1 aromatic heterocycles. The molecule has 0 spiro atoms. The van der Waals surface area contributed by atoms with Crippen LogP contribution in [0.5, 0.6) is 5.75 Å². The van der Waals surface area contributed by atoms with Crippen molar-refractivity contribution in [3.8, 4) is 5.75 Å². The lowest BCUT2D eigenvalue weighted by Gasteiger charge is -2.12. The van der Waals surface area contributed by atoms with Crippen molar-refractivity contribution in [2.75, 3.05) is 24.3 Å². The number of carbonyl (C=O) groups excluding carboxylic acids is 2. The monoisotopic (exact) mass is 305 g/mol. The standard InChI is InChI=1S/C14H15N3O3S/c1-20-11-5-4-9(7-10(11)17-13(18)8-15)16-14(19)12-3-2-6-21-12/h2-7H,8,15H2,1H3,(H,16,19)(H,17,18). The van der Waals surface area contributed by atoms with Crippen LogP contribution in [-0.2, 0) is 4.79 Å². The highest BCUT2D eigenvalue weighted by Crippen LogP contribution is 2.28. The van der Waals surface area contributed by atoms with E-state index in [1.54, 1.807) is 30.3 Å². The zero-order valence-corrected chi connectivity index (χ0v) is 12.2. The number of thiophene rings is 1. The van der Waals surface area contributed by atoms with Gasteiger partial charge in [0.05, 0.1) is 24.2 Å². The molecule has 0 saturated heterocycles. The van der Waals surface area contributed by atoms with E-state index in [9.17, 15) is 9.59 Å². The first-order chi connectivity index (χ1) is 10.1. The summed E-state index contributed by atoms with van der Waals surface area (Å²) in [5, 5.41) is 7.21. The van der Waals surface area contributed by atoms with Gasteiger partial charge in [-0.15, -0.1) is 11.3 Å². The van der Waals surface area contributed by atoms with Crippen molar-refractivity contribution in [1.82, 2.24) is 0 Å². The number of ether oxygens (including phenoxy) is 1. The molecule has 0 bridgehead atoms. The molecule has 0 fully saturated rings. The summed E-state index contributed by atoms with van der Waals surface area (Å²) < 4.78 is 5.16. The van der Waals surface area contributed by atoms with Gasteiger partial charge in [-0.3, -0.25) is 9.59 Å². The molecule has 6 nitrogen and oxygen atoms in total. The van der Waals surface area contributed by atoms with E-state index in [1.165, 1.54) is 18.4 Å². The Morgan fingerprint density at radius 2 is 2.10 bits per heavy atom. The summed E-state index contributed by atoms with van der Waals surface area (Å²) in [6, 6.07) is 8.53. The van der Waals surface area contributed by atoms with Gasteiger partial charge in [-0.1, -0.05) is 6.07 Å². The van der Waals surface area contributed by atoms with Crippen LogP contribution in [0, 0.1) is 0 Å². The molecular formula is C14H15N3O3S. The minimum Gasteiger partial charge on any atom is -0.495 e. The lowest BCUT2D eigenvalue weighted by Crippen LogP contribution is -2.22. The van der Waals surface area contributed by atoms with Crippen LogP contribution in [-0.4, -0.2) is 25.5 Å². The number of amides is 2. The summed E-state index contributed by atoms with van der Waals surface area (Å²) in [7, 11) is 1.50. The number of hydrogen-bond acceptors (Lipinski definition) is 5. The Hall–Kier alpha value is -2.38. The van der Waals surface area contributed by atoms with E-state index >= 15 is 0 Å². The minimum absolute atomic E-state index is 0.130. The molecular weight excluding hydrogens is 290 g/mol. The number of rotatable bonds is 5. The molecule has 0 radical (unpaired) electrons. The van der Waals surface area contributed by atoms with Gasteiger partial charge in [0.1, 0.15) is 5.75 Å². The molecule has 0 aliphatic rings. The van der Waals surface area contributed by atoms with Crippen LogP contribution in [0.2, 0.25) is 0 Å². The summed E-state index contributed by atoms with van der Waals surface area (Å²) >= 11 is 1.35. The number of nitrogens with two attached hydrogens (primary N) is 1. The zero-order chi connectivity index (χ0) is 15.2. The Morgan fingerprint density at radius 1 is 1.29 bits per heavy atom. The molecule has 2 rings (SSSR count). The molecule has 0 unspecified atom stereocenters. The number of anilines is 2. The number of nitrogens with one attached hydrogen (secondary N) is 2. The molecule has 0 aliphatic carbocycles. The van der Waals surface area contributed by atoms with Gasteiger partial charge in [-0.05, 0) is 29.6 Å². The van der Waals surface area contributed by atoms with Gasteiger partial charge in [-0.25, -0.2) is 0 Å². The predicted octanol–water partition coefficient (Wildman–Crippen LogP) is 1.91. The third-order valence-corrected chi connectivity index (χ3v) is 3.53. The van der Waals surface area contributed by atoms with Gasteiger partial charge >= 0.3 is 0 Å². The molecule has 2 aromatic rings. The molecule has 4 N–H and O–H groups in total. The Bertz CT molecular complexity index is 641. The summed E-state index contributed by atoms with van der Waals surface area (Å²) in [5.74, 6) is -0.0489. The van der Waals surface area contributed by atoms with Gasteiger partial charge < -0.3 is 21.1 Å². The molecule has 0 saturated carbocycles. The van der Waals surface area contributed by atoms with E-state index < -0.39 is 0 Å². The van der Waals surface area contributed by atoms with Crippen LogP contribution in [0.1, 0.15) is 9.67 Å². The van der Waals surface area contributed by atoms with Gasteiger partial charge in [0.25, 0.3) is 5.91 Å². The van der Waals surface area contributed by atoms with E-state index in [0.717, 1.165) is 0 Å². The van der Waals surface area contributed by atoms with Crippen molar-refractivity contribution in [3.05, 3.63) is 40.6 Å². The van der Waals surface area contributed by atoms with E-state index in [4.69, 9.17) is 10.5 Å². The second kappa shape index (κ2) is 6.87. The van der Waals surface area contributed by atoms with E-state index in [-0.39, 0.29) is 18.4 Å². The summed E-state index contributed by atoms with van der Waals surface area (Å²) in [4.78, 5) is 24.0. The fourth-order valence-electron chi connectivity index (χ4n) is 1.69. The lowest BCUT2D eigenvalue weighted by atomic mass is 10.2. The number of methoxy groups -OCH3 is 1. The third-order valence-electron chi connectivity index (χ3n) is 2.66. The van der Waals surface area contributed by atoms with Crippen LogP contribution in [0.3, 0.4) is 0 Å². The van der Waals surface area contributed by atoms with Crippen LogP contribution in [0.15, 0.2) is 35.7 Å². The number of benzene rings is 1. The first kappa shape index (κ1) is 15.0. The highest BCUT2D eigenvalue weighted by molar-refractivity contribution is 7.12. The topological polar surface area (TPSA) is 93.5 Å². The molecule has 2 amide bonds. The fraction of sp³-hybridized carbons (Fsp3) is 0.143. The van der Waals surface area contributed by atoms with Crippen molar-refractivity contribution in [2.24, 2.45) is 5.73 Å². The maximum absolute atomic E-state index is 12.0. The van der Waals surface area contributed by atoms with Crippen molar-refractivity contribution < 1.29 is 14.3 Å². The molecule has 7 heteroatoms. The van der Waals surface area contributed by atoms with Crippen molar-refractivity contribution in [3.63, 3.8) is 0 Å². The average molecular weight is 305 g/mol. The zero-order valence-electron chi connectivity index (χ0n) is 11.4. The smallest absolute Gasteiger partial charge is 0.265 e. The SMILES string of the molecule is COc1ccc(NC(=O)c2cccs2)cc1NC(=O)CN. The summed E-state index contributed by atoms with van der Waals surface area (Å²) in [5.41, 5.74) is 6.29. The van der Waals surface area contributed by atoms with Crippen LogP contribution >= 0.6 is 11.3 Å². The van der Waals surface area contributed by atoms with Crippen molar-refractivity contribution in [2.45, 2.75) is 0 Å². The van der Waals surface area contributed by atoms with E-state index in [1.807, 2.05) is 5.38 Å². The van der Waals surface area contributed by atoms with E-state index in [2.05, 4.69) is 10.6 Å². The van der Waals surface area contributed by atoms with Gasteiger partial charge in [0.15, 0.2) is 0 Å².